The van der Waals surface area contributed by atoms with Gasteiger partial charge in [-0.15, -0.1) is 0 Å². The van der Waals surface area contributed by atoms with Gasteiger partial charge in [-0.3, -0.25) is 9.78 Å². The molecule has 6 nitrogen and oxygen atoms in total. The fourth-order valence-electron chi connectivity index (χ4n) is 4.29. The maximum Gasteiger partial charge on any atom is 0.417 e. The average Bonchev–Trinajstić information content (AvgIpc) is 3.48. The van der Waals surface area contributed by atoms with Gasteiger partial charge < -0.3 is 14.2 Å². The Bertz CT molecular complexity index is 1090. The number of rotatable bonds is 4. The highest BCUT2D eigenvalue weighted by Crippen LogP contribution is 2.43. The molecule has 2 aromatic carbocycles. The number of fused-ring (bicyclic) bond motifs is 1. The first-order valence-corrected chi connectivity index (χ1v) is 10.0. The SMILES string of the molecule is O=C(C(c1ccc(F)cc1)C1CC1)N1CCN(c2cccc3[nH]c(=O)oc23)CC1. The summed E-state index contributed by atoms with van der Waals surface area (Å²) in [5, 5.41) is 0. The molecule has 0 bridgehead atoms. The van der Waals surface area contributed by atoms with Crippen LogP contribution in [0, 0.1) is 11.7 Å². The number of piperazine rings is 1. The predicted octanol–water partition coefficient (Wildman–Crippen LogP) is 3.10. The number of H-pyrrole nitrogens is 1. The molecule has 1 aliphatic carbocycles. The lowest BCUT2D eigenvalue weighted by Gasteiger charge is -2.37. The molecule has 1 saturated heterocycles. The number of nitrogens with zero attached hydrogens (tertiary/aromatic N) is 2. The minimum Gasteiger partial charge on any atom is -0.406 e. The zero-order chi connectivity index (χ0) is 20.0. The topological polar surface area (TPSA) is 69.6 Å². The number of nitrogens with one attached hydrogen (secondary N) is 1. The Morgan fingerprint density at radius 2 is 1.79 bits per heavy atom. The highest BCUT2D eigenvalue weighted by atomic mass is 19.1. The van der Waals surface area contributed by atoms with Gasteiger partial charge >= 0.3 is 5.76 Å². The van der Waals surface area contributed by atoms with Gasteiger partial charge in [0.2, 0.25) is 5.91 Å². The smallest absolute Gasteiger partial charge is 0.406 e. The minimum atomic E-state index is -0.465. The standard InChI is InChI=1S/C22H22FN3O3/c23-16-8-6-15(7-9-16)19(14-4-5-14)21(27)26-12-10-25(11-13-26)18-3-1-2-17-20(18)29-22(28)24-17/h1-3,6-9,14,19H,4-5,10-13H2,(H,24,28). The Kier molecular flexibility index (Phi) is 4.38. The maximum atomic E-state index is 13.3. The van der Waals surface area contributed by atoms with Crippen molar-refractivity contribution in [3.8, 4) is 0 Å². The van der Waals surface area contributed by atoms with Crippen LogP contribution in [0.3, 0.4) is 0 Å². The molecule has 0 spiro atoms. The first-order chi connectivity index (χ1) is 14.1. The average molecular weight is 395 g/mol. The van der Waals surface area contributed by atoms with E-state index < -0.39 is 5.76 Å². The van der Waals surface area contributed by atoms with Gasteiger partial charge in [0, 0.05) is 26.2 Å². The zero-order valence-electron chi connectivity index (χ0n) is 15.9. The van der Waals surface area contributed by atoms with E-state index >= 15 is 0 Å². The number of amides is 1. The van der Waals surface area contributed by atoms with E-state index in [4.69, 9.17) is 4.42 Å². The molecule has 2 aliphatic rings. The van der Waals surface area contributed by atoms with Crippen LogP contribution in [0.5, 0.6) is 0 Å². The van der Waals surface area contributed by atoms with Gasteiger partial charge in [0.15, 0.2) is 5.58 Å². The quantitative estimate of drug-likeness (QED) is 0.737. The molecule has 1 N–H and O–H groups in total. The Balaban J connectivity index is 1.32. The van der Waals surface area contributed by atoms with E-state index in [1.165, 1.54) is 12.1 Å². The summed E-state index contributed by atoms with van der Waals surface area (Å²) in [6, 6.07) is 12.0. The number of aromatic nitrogens is 1. The number of halogens is 1. The van der Waals surface area contributed by atoms with Crippen LogP contribution in [0.15, 0.2) is 51.7 Å². The van der Waals surface area contributed by atoms with Crippen LogP contribution in [0.1, 0.15) is 24.3 Å². The van der Waals surface area contributed by atoms with Crippen molar-refractivity contribution in [2.24, 2.45) is 5.92 Å². The number of oxazole rings is 1. The van der Waals surface area contributed by atoms with Crippen molar-refractivity contribution in [1.82, 2.24) is 9.88 Å². The fourth-order valence-corrected chi connectivity index (χ4v) is 4.29. The van der Waals surface area contributed by atoms with Crippen LogP contribution in [0.2, 0.25) is 0 Å². The summed E-state index contributed by atoms with van der Waals surface area (Å²) in [6.07, 6.45) is 2.09. The molecule has 3 aromatic rings. The summed E-state index contributed by atoms with van der Waals surface area (Å²) in [6.45, 7) is 2.55. The van der Waals surface area contributed by atoms with E-state index in [0.29, 0.717) is 43.2 Å². The minimum absolute atomic E-state index is 0.130. The van der Waals surface area contributed by atoms with Crippen LogP contribution in [0.25, 0.3) is 11.1 Å². The second kappa shape index (κ2) is 7.06. The Morgan fingerprint density at radius 3 is 2.48 bits per heavy atom. The third-order valence-electron chi connectivity index (χ3n) is 5.95. The number of carbonyl (C=O) groups is 1. The number of carbonyl (C=O) groups excluding carboxylic acids is 1. The van der Waals surface area contributed by atoms with Gasteiger partial charge in [0.1, 0.15) is 5.82 Å². The molecule has 2 heterocycles. The zero-order valence-corrected chi connectivity index (χ0v) is 15.9. The van der Waals surface area contributed by atoms with Crippen molar-refractivity contribution < 1.29 is 13.6 Å². The Labute approximate surface area is 166 Å². The van der Waals surface area contributed by atoms with Crippen molar-refractivity contribution in [2.45, 2.75) is 18.8 Å². The molecule has 1 atom stereocenters. The second-order valence-electron chi connectivity index (χ2n) is 7.85. The van der Waals surface area contributed by atoms with Gasteiger partial charge in [-0.1, -0.05) is 18.2 Å². The fraction of sp³-hybridized carbons (Fsp3) is 0.364. The van der Waals surface area contributed by atoms with Crippen LogP contribution in [-0.4, -0.2) is 42.0 Å². The molecule has 1 unspecified atom stereocenters. The molecule has 1 aromatic heterocycles. The molecule has 7 heteroatoms. The summed E-state index contributed by atoms with van der Waals surface area (Å²) in [5.41, 5.74) is 3.00. The molecule has 150 valence electrons. The summed E-state index contributed by atoms with van der Waals surface area (Å²) in [4.78, 5) is 31.6. The number of benzene rings is 2. The Hall–Kier alpha value is -3.09. The molecule has 0 radical (unpaired) electrons. The summed E-state index contributed by atoms with van der Waals surface area (Å²) in [5.74, 6) is -0.449. The van der Waals surface area contributed by atoms with Crippen molar-refractivity contribution in [3.05, 3.63) is 64.4 Å². The van der Waals surface area contributed by atoms with Crippen molar-refractivity contribution in [2.75, 3.05) is 31.1 Å². The van der Waals surface area contributed by atoms with E-state index in [9.17, 15) is 14.0 Å². The monoisotopic (exact) mass is 395 g/mol. The van der Waals surface area contributed by atoms with Gasteiger partial charge in [-0.2, -0.15) is 0 Å². The second-order valence-corrected chi connectivity index (χ2v) is 7.85. The lowest BCUT2D eigenvalue weighted by atomic mass is 9.92. The summed E-state index contributed by atoms with van der Waals surface area (Å²) >= 11 is 0. The molecule has 29 heavy (non-hydrogen) atoms. The number of para-hydroxylation sites is 1. The molecule has 1 amide bonds. The molecule has 1 aliphatic heterocycles. The third-order valence-corrected chi connectivity index (χ3v) is 5.95. The van der Waals surface area contributed by atoms with Gasteiger partial charge in [-0.05, 0) is 48.6 Å². The summed E-state index contributed by atoms with van der Waals surface area (Å²) in [7, 11) is 0. The lowest BCUT2D eigenvalue weighted by molar-refractivity contribution is -0.133. The number of hydrogen-bond donors (Lipinski definition) is 1. The van der Waals surface area contributed by atoms with Crippen LogP contribution >= 0.6 is 0 Å². The maximum absolute atomic E-state index is 13.3. The number of aromatic amines is 1. The van der Waals surface area contributed by atoms with Gasteiger partial charge in [0.05, 0.1) is 17.1 Å². The van der Waals surface area contributed by atoms with Crippen LogP contribution < -0.4 is 10.7 Å². The normalized spacial score (nSPS) is 18.2. The molecular weight excluding hydrogens is 373 g/mol. The largest absolute Gasteiger partial charge is 0.417 e. The highest BCUT2D eigenvalue weighted by Gasteiger charge is 2.40. The van der Waals surface area contributed by atoms with E-state index in [1.807, 2.05) is 23.1 Å². The van der Waals surface area contributed by atoms with E-state index in [-0.39, 0.29) is 17.6 Å². The van der Waals surface area contributed by atoms with E-state index in [1.54, 1.807) is 12.1 Å². The first-order valence-electron chi connectivity index (χ1n) is 10.0. The molecule has 5 rings (SSSR count). The van der Waals surface area contributed by atoms with Crippen LogP contribution in [-0.2, 0) is 4.79 Å². The van der Waals surface area contributed by atoms with Crippen molar-refractivity contribution in [3.63, 3.8) is 0 Å². The van der Waals surface area contributed by atoms with Crippen LogP contribution in [0.4, 0.5) is 10.1 Å². The molecule has 2 fully saturated rings. The van der Waals surface area contributed by atoms with Gasteiger partial charge in [0.25, 0.3) is 0 Å². The molecular formula is C22H22FN3O3. The van der Waals surface area contributed by atoms with Gasteiger partial charge in [-0.25, -0.2) is 9.18 Å². The highest BCUT2D eigenvalue weighted by molar-refractivity contribution is 5.87. The van der Waals surface area contributed by atoms with Crippen molar-refractivity contribution in [1.29, 1.82) is 0 Å². The van der Waals surface area contributed by atoms with Crippen molar-refractivity contribution >= 4 is 22.7 Å². The predicted molar refractivity (Wildman–Crippen MR) is 107 cm³/mol. The Morgan fingerprint density at radius 1 is 1.07 bits per heavy atom. The first kappa shape index (κ1) is 18.0. The summed E-state index contributed by atoms with van der Waals surface area (Å²) < 4.78 is 18.6. The lowest BCUT2D eigenvalue weighted by Crippen LogP contribution is -2.50. The van der Waals surface area contributed by atoms with E-state index in [0.717, 1.165) is 24.1 Å². The van der Waals surface area contributed by atoms with E-state index in [2.05, 4.69) is 9.88 Å². The third kappa shape index (κ3) is 3.41. The number of hydrogen-bond acceptors (Lipinski definition) is 4. The number of anilines is 1. The molecule has 1 saturated carbocycles.